The highest BCUT2D eigenvalue weighted by Crippen LogP contribution is 2.14. The van der Waals surface area contributed by atoms with Gasteiger partial charge in [0.2, 0.25) is 0 Å². The van der Waals surface area contributed by atoms with Gasteiger partial charge in [-0.2, -0.15) is 0 Å². The second-order valence-electron chi connectivity index (χ2n) is 4.89. The van der Waals surface area contributed by atoms with Crippen LogP contribution in [0.2, 0.25) is 0 Å². The van der Waals surface area contributed by atoms with Crippen LogP contribution >= 0.6 is 0 Å². The molecular formula is C17H20N2O2. The molecule has 0 bridgehead atoms. The van der Waals surface area contributed by atoms with Gasteiger partial charge in [0, 0.05) is 18.3 Å². The Morgan fingerprint density at radius 2 is 2.00 bits per heavy atom. The molecule has 0 fully saturated rings. The molecule has 0 atom stereocenters. The quantitative estimate of drug-likeness (QED) is 0.800. The summed E-state index contributed by atoms with van der Waals surface area (Å²) in [5, 5.41) is 2.85. The summed E-state index contributed by atoms with van der Waals surface area (Å²) in [4.78, 5) is 11.7. The van der Waals surface area contributed by atoms with Crippen molar-refractivity contribution in [3.05, 3.63) is 59.7 Å². The van der Waals surface area contributed by atoms with Crippen LogP contribution in [0.4, 0.5) is 5.69 Å². The highest BCUT2D eigenvalue weighted by Gasteiger charge is 2.03. The number of nitrogens with one attached hydrogen (secondary N) is 1. The van der Waals surface area contributed by atoms with Crippen LogP contribution in [0, 0.1) is 6.92 Å². The highest BCUT2D eigenvalue weighted by atomic mass is 16.5. The van der Waals surface area contributed by atoms with E-state index in [1.807, 2.05) is 12.1 Å². The van der Waals surface area contributed by atoms with Crippen LogP contribution in [0.1, 0.15) is 11.1 Å². The van der Waals surface area contributed by atoms with Crippen LogP contribution in [0.3, 0.4) is 0 Å². The number of benzene rings is 2. The molecule has 2 aromatic rings. The number of hydrogen-bond acceptors (Lipinski definition) is 3. The van der Waals surface area contributed by atoms with Gasteiger partial charge in [-0.05, 0) is 36.6 Å². The van der Waals surface area contributed by atoms with Gasteiger partial charge in [-0.3, -0.25) is 4.79 Å². The van der Waals surface area contributed by atoms with Crippen LogP contribution in [-0.4, -0.2) is 19.1 Å². The number of nitrogen functional groups attached to an aromatic ring is 1. The van der Waals surface area contributed by atoms with Gasteiger partial charge in [0.05, 0.1) is 0 Å². The van der Waals surface area contributed by atoms with Crippen molar-refractivity contribution in [2.24, 2.45) is 0 Å². The number of hydrogen-bond donors (Lipinski definition) is 2. The maximum atomic E-state index is 11.7. The Labute approximate surface area is 124 Å². The Kier molecular flexibility index (Phi) is 5.21. The third-order valence-corrected chi connectivity index (χ3v) is 3.21. The van der Waals surface area contributed by atoms with Crippen molar-refractivity contribution in [2.45, 2.75) is 13.3 Å². The van der Waals surface area contributed by atoms with E-state index in [0.29, 0.717) is 18.0 Å². The molecule has 0 aliphatic carbocycles. The minimum Gasteiger partial charge on any atom is -0.484 e. The number of anilines is 1. The molecule has 0 saturated heterocycles. The topological polar surface area (TPSA) is 64.3 Å². The van der Waals surface area contributed by atoms with Crippen molar-refractivity contribution in [3.63, 3.8) is 0 Å². The summed E-state index contributed by atoms with van der Waals surface area (Å²) in [5.41, 5.74) is 8.74. The van der Waals surface area contributed by atoms with Crippen molar-refractivity contribution in [1.82, 2.24) is 5.32 Å². The van der Waals surface area contributed by atoms with Crippen molar-refractivity contribution in [2.75, 3.05) is 18.9 Å². The lowest BCUT2D eigenvalue weighted by atomic mass is 10.1. The van der Waals surface area contributed by atoms with E-state index in [4.69, 9.17) is 10.5 Å². The van der Waals surface area contributed by atoms with E-state index in [0.717, 1.165) is 6.42 Å². The van der Waals surface area contributed by atoms with Crippen molar-refractivity contribution in [3.8, 4) is 5.75 Å². The fourth-order valence-corrected chi connectivity index (χ4v) is 2.03. The van der Waals surface area contributed by atoms with Crippen LogP contribution in [0.5, 0.6) is 5.75 Å². The first-order chi connectivity index (χ1) is 10.1. The predicted octanol–water partition coefficient (Wildman–Crippen LogP) is 2.31. The summed E-state index contributed by atoms with van der Waals surface area (Å²) in [7, 11) is 0. The summed E-state index contributed by atoms with van der Waals surface area (Å²) < 4.78 is 5.38. The Hall–Kier alpha value is -2.49. The lowest BCUT2D eigenvalue weighted by Gasteiger charge is -2.09. The second-order valence-corrected chi connectivity index (χ2v) is 4.89. The number of aryl methyl sites for hydroxylation is 1. The molecule has 2 rings (SSSR count). The van der Waals surface area contributed by atoms with E-state index in [-0.39, 0.29) is 12.5 Å². The third kappa shape index (κ3) is 4.84. The van der Waals surface area contributed by atoms with E-state index >= 15 is 0 Å². The van der Waals surface area contributed by atoms with Gasteiger partial charge in [0.25, 0.3) is 5.91 Å². The largest absolute Gasteiger partial charge is 0.484 e. The molecule has 0 heterocycles. The fourth-order valence-electron chi connectivity index (χ4n) is 2.03. The number of carbonyl (C=O) groups is 1. The molecular weight excluding hydrogens is 264 g/mol. The average Bonchev–Trinajstić information content (AvgIpc) is 2.47. The van der Waals surface area contributed by atoms with Crippen LogP contribution in [0.25, 0.3) is 0 Å². The first kappa shape index (κ1) is 14.9. The predicted molar refractivity (Wildman–Crippen MR) is 84.2 cm³/mol. The van der Waals surface area contributed by atoms with Gasteiger partial charge >= 0.3 is 0 Å². The lowest BCUT2D eigenvalue weighted by molar-refractivity contribution is -0.123. The average molecular weight is 284 g/mol. The van der Waals surface area contributed by atoms with Gasteiger partial charge in [-0.25, -0.2) is 0 Å². The summed E-state index contributed by atoms with van der Waals surface area (Å²) >= 11 is 0. The zero-order chi connectivity index (χ0) is 15.1. The van der Waals surface area contributed by atoms with Gasteiger partial charge in [0.15, 0.2) is 6.61 Å². The Bertz CT molecular complexity index is 611. The highest BCUT2D eigenvalue weighted by molar-refractivity contribution is 5.77. The molecule has 0 unspecified atom stereocenters. The van der Waals surface area contributed by atoms with Crippen molar-refractivity contribution in [1.29, 1.82) is 0 Å². The number of amides is 1. The van der Waals surface area contributed by atoms with Gasteiger partial charge < -0.3 is 15.8 Å². The molecule has 1 amide bonds. The molecule has 2 aromatic carbocycles. The molecule has 4 heteroatoms. The van der Waals surface area contributed by atoms with Gasteiger partial charge in [-0.15, -0.1) is 0 Å². The molecule has 110 valence electrons. The Balaban J connectivity index is 1.72. The SMILES string of the molecule is Cc1ccccc1CCNC(=O)COc1cccc(N)c1. The van der Waals surface area contributed by atoms with E-state index in [1.165, 1.54) is 11.1 Å². The van der Waals surface area contributed by atoms with Crippen LogP contribution in [0.15, 0.2) is 48.5 Å². The maximum Gasteiger partial charge on any atom is 0.257 e. The zero-order valence-electron chi connectivity index (χ0n) is 12.1. The van der Waals surface area contributed by atoms with Crippen molar-refractivity contribution >= 4 is 11.6 Å². The summed E-state index contributed by atoms with van der Waals surface area (Å²) in [5.74, 6) is 0.468. The van der Waals surface area contributed by atoms with E-state index < -0.39 is 0 Å². The standard InChI is InChI=1S/C17H20N2O2/c1-13-5-2-3-6-14(13)9-10-19-17(20)12-21-16-8-4-7-15(18)11-16/h2-8,11H,9-10,12,18H2,1H3,(H,19,20). The fraction of sp³-hybridized carbons (Fsp3) is 0.235. The molecule has 0 aromatic heterocycles. The number of nitrogens with two attached hydrogens (primary N) is 1. The summed E-state index contributed by atoms with van der Waals surface area (Å²) in [6.07, 6.45) is 0.816. The van der Waals surface area contributed by atoms with Crippen LogP contribution < -0.4 is 15.8 Å². The Morgan fingerprint density at radius 1 is 1.19 bits per heavy atom. The minimum absolute atomic E-state index is 0.00275. The molecule has 0 saturated carbocycles. The van der Waals surface area contributed by atoms with Gasteiger partial charge in [-0.1, -0.05) is 30.3 Å². The second kappa shape index (κ2) is 7.33. The number of ether oxygens (including phenoxy) is 1. The molecule has 3 N–H and O–H groups in total. The Morgan fingerprint density at radius 3 is 2.76 bits per heavy atom. The first-order valence-corrected chi connectivity index (χ1v) is 6.94. The van der Waals surface area contributed by atoms with Crippen molar-refractivity contribution < 1.29 is 9.53 Å². The third-order valence-electron chi connectivity index (χ3n) is 3.21. The monoisotopic (exact) mass is 284 g/mol. The molecule has 0 radical (unpaired) electrons. The molecule has 0 spiro atoms. The van der Waals surface area contributed by atoms with E-state index in [1.54, 1.807) is 24.3 Å². The van der Waals surface area contributed by atoms with E-state index in [9.17, 15) is 4.79 Å². The van der Waals surface area contributed by atoms with Crippen LogP contribution in [-0.2, 0) is 11.2 Å². The van der Waals surface area contributed by atoms with Gasteiger partial charge in [0.1, 0.15) is 5.75 Å². The minimum atomic E-state index is -0.133. The normalized spacial score (nSPS) is 10.1. The molecule has 0 aliphatic rings. The summed E-state index contributed by atoms with van der Waals surface area (Å²) in [6.45, 7) is 2.67. The smallest absolute Gasteiger partial charge is 0.257 e. The number of rotatable bonds is 6. The molecule has 4 nitrogen and oxygen atoms in total. The molecule has 0 aliphatic heterocycles. The maximum absolute atomic E-state index is 11.7. The summed E-state index contributed by atoms with van der Waals surface area (Å²) in [6, 6.07) is 15.2. The molecule has 21 heavy (non-hydrogen) atoms. The number of carbonyl (C=O) groups excluding carboxylic acids is 1. The lowest BCUT2D eigenvalue weighted by Crippen LogP contribution is -2.30. The first-order valence-electron chi connectivity index (χ1n) is 6.94. The zero-order valence-corrected chi connectivity index (χ0v) is 12.1. The van der Waals surface area contributed by atoms with E-state index in [2.05, 4.69) is 24.4 Å².